The van der Waals surface area contributed by atoms with Crippen LogP contribution in [0.4, 0.5) is 0 Å². The molecular formula is C9H16N2O. The van der Waals surface area contributed by atoms with E-state index < -0.39 is 0 Å². The maximum Gasteiger partial charge on any atom is 0.145 e. The van der Waals surface area contributed by atoms with Crippen LogP contribution in [-0.4, -0.2) is 18.4 Å². The molecule has 0 aromatic rings. The SMILES string of the molecule is NCC1CC(C2CCCC2)=NO1. The van der Waals surface area contributed by atoms with Crippen molar-refractivity contribution in [3.63, 3.8) is 0 Å². The van der Waals surface area contributed by atoms with E-state index in [0.29, 0.717) is 12.5 Å². The van der Waals surface area contributed by atoms with Crippen molar-refractivity contribution in [2.75, 3.05) is 6.54 Å². The lowest BCUT2D eigenvalue weighted by atomic mass is 9.98. The van der Waals surface area contributed by atoms with Crippen LogP contribution in [0.5, 0.6) is 0 Å². The van der Waals surface area contributed by atoms with Crippen molar-refractivity contribution in [2.45, 2.75) is 38.2 Å². The number of nitrogens with two attached hydrogens (primary N) is 1. The topological polar surface area (TPSA) is 47.6 Å². The Morgan fingerprint density at radius 3 is 2.75 bits per heavy atom. The van der Waals surface area contributed by atoms with Crippen molar-refractivity contribution in [3.8, 4) is 0 Å². The van der Waals surface area contributed by atoms with Crippen LogP contribution < -0.4 is 5.73 Å². The van der Waals surface area contributed by atoms with E-state index in [-0.39, 0.29) is 6.10 Å². The molecule has 1 heterocycles. The van der Waals surface area contributed by atoms with Gasteiger partial charge in [-0.3, -0.25) is 0 Å². The molecule has 1 saturated carbocycles. The highest BCUT2D eigenvalue weighted by molar-refractivity contribution is 5.87. The lowest BCUT2D eigenvalue weighted by Gasteiger charge is -2.06. The van der Waals surface area contributed by atoms with Gasteiger partial charge in [0.2, 0.25) is 0 Å². The molecule has 1 unspecified atom stereocenters. The summed E-state index contributed by atoms with van der Waals surface area (Å²) < 4.78 is 0. The Balaban J connectivity index is 1.89. The molecule has 2 rings (SSSR count). The van der Waals surface area contributed by atoms with Gasteiger partial charge < -0.3 is 10.6 Å². The molecule has 3 nitrogen and oxygen atoms in total. The maximum absolute atomic E-state index is 5.50. The summed E-state index contributed by atoms with van der Waals surface area (Å²) in [5, 5.41) is 4.11. The Morgan fingerprint density at radius 1 is 1.42 bits per heavy atom. The normalized spacial score (nSPS) is 30.4. The summed E-state index contributed by atoms with van der Waals surface area (Å²) in [5.74, 6) is 0.710. The van der Waals surface area contributed by atoms with Crippen LogP contribution in [0, 0.1) is 5.92 Å². The van der Waals surface area contributed by atoms with Gasteiger partial charge in [0.05, 0.1) is 5.71 Å². The minimum Gasteiger partial charge on any atom is -0.391 e. The number of oxime groups is 1. The van der Waals surface area contributed by atoms with Crippen molar-refractivity contribution in [1.82, 2.24) is 0 Å². The molecule has 1 aliphatic heterocycles. The second-order valence-corrected chi connectivity index (χ2v) is 3.73. The largest absolute Gasteiger partial charge is 0.391 e. The summed E-state index contributed by atoms with van der Waals surface area (Å²) in [6, 6.07) is 0. The molecule has 0 bridgehead atoms. The van der Waals surface area contributed by atoms with Gasteiger partial charge in [0.1, 0.15) is 6.10 Å². The first-order valence-corrected chi connectivity index (χ1v) is 4.83. The molecule has 12 heavy (non-hydrogen) atoms. The fraction of sp³-hybridized carbons (Fsp3) is 0.889. The van der Waals surface area contributed by atoms with Crippen LogP contribution in [0.25, 0.3) is 0 Å². The third-order valence-corrected chi connectivity index (χ3v) is 2.85. The average molecular weight is 168 g/mol. The van der Waals surface area contributed by atoms with Crippen LogP contribution in [0.3, 0.4) is 0 Å². The summed E-state index contributed by atoms with van der Waals surface area (Å²) in [5.41, 5.74) is 6.76. The summed E-state index contributed by atoms with van der Waals surface area (Å²) >= 11 is 0. The van der Waals surface area contributed by atoms with E-state index in [4.69, 9.17) is 10.6 Å². The summed E-state index contributed by atoms with van der Waals surface area (Å²) in [4.78, 5) is 5.19. The standard InChI is InChI=1S/C9H16N2O/c10-6-8-5-9(11-12-8)7-3-1-2-4-7/h7-8H,1-6,10H2. The summed E-state index contributed by atoms with van der Waals surface area (Å²) in [6.45, 7) is 0.597. The first kappa shape index (κ1) is 8.05. The Hall–Kier alpha value is -0.570. The number of hydrogen-bond donors (Lipinski definition) is 1. The van der Waals surface area contributed by atoms with E-state index >= 15 is 0 Å². The minimum absolute atomic E-state index is 0.167. The van der Waals surface area contributed by atoms with Crippen molar-refractivity contribution >= 4 is 5.71 Å². The molecule has 0 aromatic heterocycles. The van der Waals surface area contributed by atoms with Gasteiger partial charge in [-0.2, -0.15) is 0 Å². The van der Waals surface area contributed by atoms with E-state index in [2.05, 4.69) is 5.16 Å². The zero-order valence-corrected chi connectivity index (χ0v) is 7.33. The van der Waals surface area contributed by atoms with E-state index in [0.717, 1.165) is 6.42 Å². The Bertz CT molecular complexity index is 185. The van der Waals surface area contributed by atoms with Crippen LogP contribution >= 0.6 is 0 Å². The van der Waals surface area contributed by atoms with Crippen molar-refractivity contribution in [2.24, 2.45) is 16.8 Å². The average Bonchev–Trinajstić information content (AvgIpc) is 2.75. The van der Waals surface area contributed by atoms with Gasteiger partial charge in [-0.25, -0.2) is 0 Å². The lowest BCUT2D eigenvalue weighted by molar-refractivity contribution is 0.0918. The monoisotopic (exact) mass is 168 g/mol. The van der Waals surface area contributed by atoms with Crippen molar-refractivity contribution in [3.05, 3.63) is 0 Å². The number of nitrogens with zero attached hydrogens (tertiary/aromatic N) is 1. The Labute approximate surface area is 72.9 Å². The van der Waals surface area contributed by atoms with Crippen LogP contribution in [0.2, 0.25) is 0 Å². The van der Waals surface area contributed by atoms with Crippen molar-refractivity contribution < 1.29 is 4.84 Å². The van der Waals surface area contributed by atoms with Gasteiger partial charge >= 0.3 is 0 Å². The predicted octanol–water partition coefficient (Wildman–Crippen LogP) is 1.28. The number of hydrogen-bond acceptors (Lipinski definition) is 3. The molecule has 0 amide bonds. The zero-order chi connectivity index (χ0) is 8.39. The molecule has 0 spiro atoms. The molecule has 1 fully saturated rings. The van der Waals surface area contributed by atoms with Gasteiger partial charge in [0.25, 0.3) is 0 Å². The molecule has 2 N–H and O–H groups in total. The van der Waals surface area contributed by atoms with E-state index in [1.54, 1.807) is 0 Å². The van der Waals surface area contributed by atoms with Gasteiger partial charge in [-0.15, -0.1) is 0 Å². The maximum atomic E-state index is 5.50. The zero-order valence-electron chi connectivity index (χ0n) is 7.33. The number of rotatable bonds is 2. The van der Waals surface area contributed by atoms with Crippen molar-refractivity contribution in [1.29, 1.82) is 0 Å². The first-order valence-electron chi connectivity index (χ1n) is 4.83. The molecule has 68 valence electrons. The Morgan fingerprint density at radius 2 is 2.17 bits per heavy atom. The predicted molar refractivity (Wildman–Crippen MR) is 47.9 cm³/mol. The molecule has 0 saturated heterocycles. The molecule has 3 heteroatoms. The first-order chi connectivity index (χ1) is 5.90. The molecule has 1 aliphatic carbocycles. The van der Waals surface area contributed by atoms with Gasteiger partial charge in [0.15, 0.2) is 0 Å². The second kappa shape index (κ2) is 3.44. The molecule has 1 atom stereocenters. The third-order valence-electron chi connectivity index (χ3n) is 2.85. The summed E-state index contributed by atoms with van der Waals surface area (Å²) in [7, 11) is 0. The van der Waals surface area contributed by atoms with Gasteiger partial charge in [0, 0.05) is 18.9 Å². The quantitative estimate of drug-likeness (QED) is 0.675. The highest BCUT2D eigenvalue weighted by atomic mass is 16.6. The van der Waals surface area contributed by atoms with Crippen LogP contribution in [-0.2, 0) is 4.84 Å². The third kappa shape index (κ3) is 1.46. The fourth-order valence-electron chi connectivity index (χ4n) is 2.08. The van der Waals surface area contributed by atoms with E-state index in [1.165, 1.54) is 31.4 Å². The van der Waals surface area contributed by atoms with Gasteiger partial charge in [-0.05, 0) is 12.8 Å². The molecule has 2 aliphatic rings. The minimum atomic E-state index is 0.167. The molecular weight excluding hydrogens is 152 g/mol. The molecule has 0 radical (unpaired) electrons. The van der Waals surface area contributed by atoms with E-state index in [1.807, 2.05) is 0 Å². The van der Waals surface area contributed by atoms with Gasteiger partial charge in [-0.1, -0.05) is 18.0 Å². The van der Waals surface area contributed by atoms with Crippen LogP contribution in [0.1, 0.15) is 32.1 Å². The summed E-state index contributed by atoms with van der Waals surface area (Å²) in [6.07, 6.45) is 6.47. The lowest BCUT2D eigenvalue weighted by Crippen LogP contribution is -2.21. The Kier molecular flexibility index (Phi) is 2.30. The second-order valence-electron chi connectivity index (χ2n) is 3.73. The molecule has 0 aromatic carbocycles. The smallest absolute Gasteiger partial charge is 0.145 e. The highest BCUT2D eigenvalue weighted by Gasteiger charge is 2.28. The fourth-order valence-corrected chi connectivity index (χ4v) is 2.08. The highest BCUT2D eigenvalue weighted by Crippen LogP contribution is 2.29. The van der Waals surface area contributed by atoms with Crippen LogP contribution in [0.15, 0.2) is 5.16 Å². The van der Waals surface area contributed by atoms with E-state index in [9.17, 15) is 0 Å².